The molecule has 1 saturated heterocycles. The average molecular weight is 246 g/mol. The zero-order valence-corrected chi connectivity index (χ0v) is 11.5. The SMILES string of the molecule is CCC1CCN(CCS(=O)CC)CCCN1. The number of rotatable bonds is 5. The molecule has 1 aliphatic heterocycles. The van der Waals surface area contributed by atoms with Crippen molar-refractivity contribution in [3.63, 3.8) is 0 Å². The van der Waals surface area contributed by atoms with Gasteiger partial charge in [-0.15, -0.1) is 0 Å². The van der Waals surface area contributed by atoms with Crippen molar-refractivity contribution >= 4 is 10.8 Å². The maximum atomic E-state index is 11.4. The molecule has 0 radical (unpaired) electrons. The van der Waals surface area contributed by atoms with E-state index < -0.39 is 10.8 Å². The third-order valence-corrected chi connectivity index (χ3v) is 4.61. The first-order valence-electron chi connectivity index (χ1n) is 6.57. The van der Waals surface area contributed by atoms with Crippen LogP contribution in [-0.4, -0.2) is 52.8 Å². The van der Waals surface area contributed by atoms with Gasteiger partial charge in [0.25, 0.3) is 0 Å². The fraction of sp³-hybridized carbons (Fsp3) is 1.00. The first-order valence-corrected chi connectivity index (χ1v) is 8.05. The molecule has 3 nitrogen and oxygen atoms in total. The van der Waals surface area contributed by atoms with Gasteiger partial charge in [-0.25, -0.2) is 0 Å². The van der Waals surface area contributed by atoms with Crippen molar-refractivity contribution in [3.8, 4) is 0 Å². The van der Waals surface area contributed by atoms with Gasteiger partial charge in [-0.1, -0.05) is 13.8 Å². The molecule has 0 aromatic heterocycles. The normalized spacial score (nSPS) is 26.0. The van der Waals surface area contributed by atoms with Crippen LogP contribution in [0, 0.1) is 0 Å². The van der Waals surface area contributed by atoms with E-state index in [2.05, 4.69) is 17.1 Å². The van der Waals surface area contributed by atoms with Crippen molar-refractivity contribution in [3.05, 3.63) is 0 Å². The van der Waals surface area contributed by atoms with Crippen molar-refractivity contribution in [2.45, 2.75) is 39.2 Å². The molecule has 1 N–H and O–H groups in total. The van der Waals surface area contributed by atoms with E-state index >= 15 is 0 Å². The highest BCUT2D eigenvalue weighted by Crippen LogP contribution is 2.05. The van der Waals surface area contributed by atoms with Gasteiger partial charge < -0.3 is 10.2 Å². The van der Waals surface area contributed by atoms with Crippen LogP contribution in [0.4, 0.5) is 0 Å². The van der Waals surface area contributed by atoms with Gasteiger partial charge in [-0.3, -0.25) is 4.21 Å². The average Bonchev–Trinajstić information content (AvgIpc) is 2.28. The molecule has 0 aliphatic carbocycles. The van der Waals surface area contributed by atoms with Crippen molar-refractivity contribution in [2.24, 2.45) is 0 Å². The summed E-state index contributed by atoms with van der Waals surface area (Å²) < 4.78 is 11.4. The summed E-state index contributed by atoms with van der Waals surface area (Å²) in [6, 6.07) is 0.680. The highest BCUT2D eigenvalue weighted by molar-refractivity contribution is 7.84. The van der Waals surface area contributed by atoms with Crippen molar-refractivity contribution < 1.29 is 4.21 Å². The summed E-state index contributed by atoms with van der Waals surface area (Å²) in [4.78, 5) is 2.48. The van der Waals surface area contributed by atoms with Gasteiger partial charge in [0.2, 0.25) is 0 Å². The zero-order chi connectivity index (χ0) is 11.8. The summed E-state index contributed by atoms with van der Waals surface area (Å²) in [7, 11) is -0.607. The van der Waals surface area contributed by atoms with E-state index in [1.807, 2.05) is 6.92 Å². The summed E-state index contributed by atoms with van der Waals surface area (Å²) >= 11 is 0. The quantitative estimate of drug-likeness (QED) is 0.791. The summed E-state index contributed by atoms with van der Waals surface area (Å²) in [5, 5.41) is 3.58. The summed E-state index contributed by atoms with van der Waals surface area (Å²) in [6.07, 6.45) is 3.67. The Bertz CT molecular complexity index is 211. The first-order chi connectivity index (χ1) is 7.76. The summed E-state index contributed by atoms with van der Waals surface area (Å²) in [6.45, 7) is 8.70. The number of hydrogen-bond acceptors (Lipinski definition) is 3. The predicted octanol–water partition coefficient (Wildman–Crippen LogP) is 1.22. The van der Waals surface area contributed by atoms with Crippen LogP contribution in [0.1, 0.15) is 33.1 Å². The molecule has 0 bridgehead atoms. The van der Waals surface area contributed by atoms with E-state index in [9.17, 15) is 4.21 Å². The molecule has 1 aliphatic rings. The predicted molar refractivity (Wildman–Crippen MR) is 71.3 cm³/mol. The third-order valence-electron chi connectivity index (χ3n) is 3.33. The molecule has 0 aromatic rings. The topological polar surface area (TPSA) is 32.3 Å². The highest BCUT2D eigenvalue weighted by Gasteiger charge is 2.13. The van der Waals surface area contributed by atoms with E-state index in [-0.39, 0.29) is 0 Å². The Morgan fingerprint density at radius 2 is 2.19 bits per heavy atom. The number of hydrogen-bond donors (Lipinski definition) is 1. The minimum absolute atomic E-state index is 0.607. The van der Waals surface area contributed by atoms with Gasteiger partial charge in [0.15, 0.2) is 0 Å². The molecule has 4 heteroatoms. The van der Waals surface area contributed by atoms with E-state index in [0.717, 1.165) is 37.7 Å². The second-order valence-electron chi connectivity index (χ2n) is 4.48. The molecule has 0 aromatic carbocycles. The molecular formula is C12H26N2OS. The van der Waals surface area contributed by atoms with E-state index in [1.54, 1.807) is 0 Å². The summed E-state index contributed by atoms with van der Waals surface area (Å²) in [5.74, 6) is 1.65. The van der Waals surface area contributed by atoms with Gasteiger partial charge in [-0.05, 0) is 38.9 Å². The van der Waals surface area contributed by atoms with Crippen molar-refractivity contribution in [1.82, 2.24) is 10.2 Å². The Labute approximate surface area is 102 Å². The molecular weight excluding hydrogens is 220 g/mol. The standard InChI is InChI=1S/C12H26N2OS/c1-3-12-6-9-14(8-5-7-13-12)10-11-16(15)4-2/h12-13H,3-11H2,1-2H3. The molecule has 0 spiro atoms. The van der Waals surface area contributed by atoms with Crippen LogP contribution in [0.3, 0.4) is 0 Å². The Morgan fingerprint density at radius 1 is 1.38 bits per heavy atom. The largest absolute Gasteiger partial charge is 0.314 e. The Morgan fingerprint density at radius 3 is 2.88 bits per heavy atom. The van der Waals surface area contributed by atoms with E-state index in [1.165, 1.54) is 19.3 Å². The van der Waals surface area contributed by atoms with Crippen LogP contribution in [0.2, 0.25) is 0 Å². The lowest BCUT2D eigenvalue weighted by Gasteiger charge is -2.28. The molecule has 1 heterocycles. The van der Waals surface area contributed by atoms with Gasteiger partial charge in [-0.2, -0.15) is 0 Å². The van der Waals surface area contributed by atoms with Gasteiger partial charge in [0.05, 0.1) is 0 Å². The van der Waals surface area contributed by atoms with Crippen LogP contribution in [0.15, 0.2) is 0 Å². The molecule has 1 fully saturated rings. The third kappa shape index (κ3) is 5.41. The van der Waals surface area contributed by atoms with Gasteiger partial charge >= 0.3 is 0 Å². The van der Waals surface area contributed by atoms with Crippen molar-refractivity contribution in [2.75, 3.05) is 37.7 Å². The Hall–Kier alpha value is 0.0700. The second-order valence-corrected chi connectivity index (χ2v) is 6.34. The van der Waals surface area contributed by atoms with Gasteiger partial charge in [0, 0.05) is 34.9 Å². The molecule has 2 atom stereocenters. The zero-order valence-electron chi connectivity index (χ0n) is 10.7. The molecule has 16 heavy (non-hydrogen) atoms. The molecule has 2 unspecified atom stereocenters. The maximum absolute atomic E-state index is 11.4. The lowest BCUT2D eigenvalue weighted by Crippen LogP contribution is -2.40. The minimum atomic E-state index is -0.607. The Balaban J connectivity index is 2.26. The van der Waals surface area contributed by atoms with E-state index in [4.69, 9.17) is 0 Å². The van der Waals surface area contributed by atoms with E-state index in [0.29, 0.717) is 6.04 Å². The van der Waals surface area contributed by atoms with Crippen LogP contribution in [0.5, 0.6) is 0 Å². The molecule has 96 valence electrons. The van der Waals surface area contributed by atoms with Crippen LogP contribution < -0.4 is 5.32 Å². The number of nitrogens with one attached hydrogen (secondary N) is 1. The molecule has 1 rings (SSSR count). The van der Waals surface area contributed by atoms with Crippen LogP contribution >= 0.6 is 0 Å². The van der Waals surface area contributed by atoms with Crippen LogP contribution in [-0.2, 0) is 10.8 Å². The highest BCUT2D eigenvalue weighted by atomic mass is 32.2. The minimum Gasteiger partial charge on any atom is -0.314 e. The first kappa shape index (κ1) is 14.1. The van der Waals surface area contributed by atoms with Gasteiger partial charge in [0.1, 0.15) is 0 Å². The monoisotopic (exact) mass is 246 g/mol. The molecule has 0 saturated carbocycles. The second kappa shape index (κ2) is 8.20. The lowest BCUT2D eigenvalue weighted by molar-refractivity contribution is 0.243. The van der Waals surface area contributed by atoms with Crippen molar-refractivity contribution in [1.29, 1.82) is 0 Å². The summed E-state index contributed by atoms with van der Waals surface area (Å²) in [5.41, 5.74) is 0. The fourth-order valence-electron chi connectivity index (χ4n) is 2.11. The molecule has 0 amide bonds. The fourth-order valence-corrected chi connectivity index (χ4v) is 2.86. The maximum Gasteiger partial charge on any atom is 0.0362 e. The number of nitrogens with zero attached hydrogens (tertiary/aromatic N) is 1. The van der Waals surface area contributed by atoms with Crippen LogP contribution in [0.25, 0.3) is 0 Å². The Kier molecular flexibility index (Phi) is 7.25. The lowest BCUT2D eigenvalue weighted by atomic mass is 10.1. The smallest absolute Gasteiger partial charge is 0.0362 e.